The monoisotopic (exact) mass is 379 g/mol. The Morgan fingerprint density at radius 2 is 1.96 bits per heavy atom. The van der Waals surface area contributed by atoms with Crippen LogP contribution in [0.3, 0.4) is 0 Å². The summed E-state index contributed by atoms with van der Waals surface area (Å²) in [6.45, 7) is 7.75. The van der Waals surface area contributed by atoms with Gasteiger partial charge in [0.05, 0.1) is 0 Å². The molecule has 4 N–H and O–H groups in total. The maximum atomic E-state index is 12.8. The Labute approximate surface area is 166 Å². The summed E-state index contributed by atoms with van der Waals surface area (Å²) in [7, 11) is 0. The highest BCUT2D eigenvalue weighted by molar-refractivity contribution is 5.98. The number of amides is 1. The molecule has 6 heteroatoms. The molecule has 1 atom stereocenters. The zero-order valence-corrected chi connectivity index (χ0v) is 16.4. The second-order valence-corrected chi connectivity index (χ2v) is 7.67. The molecule has 4 rings (SSSR count). The molecular weight excluding hydrogens is 350 g/mol. The Hall–Kier alpha value is -2.57. The van der Waals surface area contributed by atoms with Gasteiger partial charge in [0.2, 0.25) is 5.91 Å². The standard InChI is InChI=1S/C22H29N5O/c1-16-4-2-5-17-14-20(25-21(16)17)22(28)24-18-6-3-7-19(15-18)27-12-10-26(9-8-23)11-13-27/h2-7,15,20,25H,8-14,23H2,1H3,(H,24,28). The lowest BCUT2D eigenvalue weighted by Crippen LogP contribution is -2.47. The van der Waals surface area contributed by atoms with Gasteiger partial charge in [-0.1, -0.05) is 24.3 Å². The van der Waals surface area contributed by atoms with Gasteiger partial charge in [-0.05, 0) is 36.2 Å². The SMILES string of the molecule is Cc1cccc2c1NC(C(=O)Nc1cccc(N3CCN(CCN)CC3)c1)C2. The average Bonchev–Trinajstić information content (AvgIpc) is 3.15. The van der Waals surface area contributed by atoms with Gasteiger partial charge >= 0.3 is 0 Å². The molecule has 0 saturated carbocycles. The highest BCUT2D eigenvalue weighted by Gasteiger charge is 2.27. The third-order valence-electron chi connectivity index (χ3n) is 5.71. The zero-order chi connectivity index (χ0) is 19.5. The van der Waals surface area contributed by atoms with Gasteiger partial charge in [-0.25, -0.2) is 0 Å². The van der Waals surface area contributed by atoms with E-state index in [0.717, 1.165) is 56.2 Å². The number of fused-ring (bicyclic) bond motifs is 1. The van der Waals surface area contributed by atoms with Crippen LogP contribution in [0.15, 0.2) is 42.5 Å². The van der Waals surface area contributed by atoms with Crippen molar-refractivity contribution in [2.75, 3.05) is 54.8 Å². The number of hydrogen-bond acceptors (Lipinski definition) is 5. The minimum Gasteiger partial charge on any atom is -0.373 e. The number of hydrogen-bond donors (Lipinski definition) is 3. The number of nitrogens with one attached hydrogen (secondary N) is 2. The van der Waals surface area contributed by atoms with Crippen LogP contribution in [0.1, 0.15) is 11.1 Å². The summed E-state index contributed by atoms with van der Waals surface area (Å²) in [5.41, 5.74) is 11.2. The third kappa shape index (κ3) is 3.98. The molecule has 2 heterocycles. The molecule has 28 heavy (non-hydrogen) atoms. The topological polar surface area (TPSA) is 73.6 Å². The van der Waals surface area contributed by atoms with Crippen LogP contribution in [-0.4, -0.2) is 56.1 Å². The number of benzene rings is 2. The Balaban J connectivity index is 1.38. The Bertz CT molecular complexity index is 845. The van der Waals surface area contributed by atoms with E-state index in [1.54, 1.807) is 0 Å². The largest absolute Gasteiger partial charge is 0.373 e. The second kappa shape index (κ2) is 8.20. The number of aryl methyl sites for hydroxylation is 1. The highest BCUT2D eigenvalue weighted by Crippen LogP contribution is 2.29. The van der Waals surface area contributed by atoms with Crippen molar-refractivity contribution in [2.45, 2.75) is 19.4 Å². The predicted octanol–water partition coefficient (Wildman–Crippen LogP) is 2.05. The van der Waals surface area contributed by atoms with Crippen molar-refractivity contribution < 1.29 is 4.79 Å². The van der Waals surface area contributed by atoms with Gasteiger partial charge in [0, 0.05) is 62.8 Å². The molecule has 0 aromatic heterocycles. The van der Waals surface area contributed by atoms with Crippen molar-refractivity contribution in [2.24, 2.45) is 5.73 Å². The number of para-hydroxylation sites is 1. The number of piperazine rings is 1. The van der Waals surface area contributed by atoms with Crippen molar-refractivity contribution in [3.63, 3.8) is 0 Å². The quantitative estimate of drug-likeness (QED) is 0.742. The maximum Gasteiger partial charge on any atom is 0.247 e. The maximum absolute atomic E-state index is 12.8. The molecule has 0 radical (unpaired) electrons. The Morgan fingerprint density at radius 3 is 2.71 bits per heavy atom. The minimum atomic E-state index is -0.223. The lowest BCUT2D eigenvalue weighted by molar-refractivity contribution is -0.116. The summed E-state index contributed by atoms with van der Waals surface area (Å²) < 4.78 is 0. The molecule has 1 saturated heterocycles. The van der Waals surface area contributed by atoms with Gasteiger partial charge in [-0.2, -0.15) is 0 Å². The minimum absolute atomic E-state index is 0.0144. The van der Waals surface area contributed by atoms with Crippen LogP contribution in [0.25, 0.3) is 0 Å². The molecule has 1 unspecified atom stereocenters. The molecule has 2 aliphatic rings. The second-order valence-electron chi connectivity index (χ2n) is 7.67. The molecule has 0 bridgehead atoms. The van der Waals surface area contributed by atoms with Crippen molar-refractivity contribution in [3.8, 4) is 0 Å². The fourth-order valence-electron chi connectivity index (χ4n) is 4.13. The Morgan fingerprint density at radius 1 is 1.18 bits per heavy atom. The van der Waals surface area contributed by atoms with Gasteiger partial charge in [0.15, 0.2) is 0 Å². The lowest BCUT2D eigenvalue weighted by Gasteiger charge is -2.36. The van der Waals surface area contributed by atoms with Crippen LogP contribution in [0.2, 0.25) is 0 Å². The molecule has 2 aromatic carbocycles. The number of nitrogens with two attached hydrogens (primary N) is 1. The van der Waals surface area contributed by atoms with E-state index in [0.29, 0.717) is 6.54 Å². The normalized spacial score (nSPS) is 19.2. The fraction of sp³-hybridized carbons (Fsp3) is 0.409. The van der Waals surface area contributed by atoms with Gasteiger partial charge in [0.1, 0.15) is 6.04 Å². The molecule has 0 aliphatic carbocycles. The van der Waals surface area contributed by atoms with Crippen LogP contribution >= 0.6 is 0 Å². The first-order chi connectivity index (χ1) is 13.6. The number of carbonyl (C=O) groups is 1. The van der Waals surface area contributed by atoms with E-state index in [-0.39, 0.29) is 11.9 Å². The van der Waals surface area contributed by atoms with E-state index >= 15 is 0 Å². The summed E-state index contributed by atoms with van der Waals surface area (Å²) >= 11 is 0. The van der Waals surface area contributed by atoms with E-state index in [1.165, 1.54) is 11.1 Å². The molecule has 2 aliphatic heterocycles. The van der Waals surface area contributed by atoms with Crippen molar-refractivity contribution in [1.29, 1.82) is 0 Å². The number of anilines is 3. The molecule has 148 valence electrons. The van der Waals surface area contributed by atoms with Crippen molar-refractivity contribution >= 4 is 23.0 Å². The fourth-order valence-corrected chi connectivity index (χ4v) is 4.13. The van der Waals surface area contributed by atoms with E-state index < -0.39 is 0 Å². The molecule has 2 aromatic rings. The van der Waals surface area contributed by atoms with E-state index in [4.69, 9.17) is 5.73 Å². The van der Waals surface area contributed by atoms with Gasteiger partial charge < -0.3 is 21.3 Å². The van der Waals surface area contributed by atoms with Gasteiger partial charge in [-0.15, -0.1) is 0 Å². The van der Waals surface area contributed by atoms with Crippen LogP contribution < -0.4 is 21.3 Å². The number of carbonyl (C=O) groups excluding carboxylic acids is 1. The van der Waals surface area contributed by atoms with Crippen LogP contribution in [0.5, 0.6) is 0 Å². The first kappa shape index (κ1) is 18.8. The Kier molecular flexibility index (Phi) is 5.50. The summed E-state index contributed by atoms with van der Waals surface area (Å²) in [5.74, 6) is 0.0144. The third-order valence-corrected chi connectivity index (χ3v) is 5.71. The molecule has 1 amide bonds. The summed E-state index contributed by atoms with van der Waals surface area (Å²) in [4.78, 5) is 17.6. The summed E-state index contributed by atoms with van der Waals surface area (Å²) in [6.07, 6.45) is 0.728. The van der Waals surface area contributed by atoms with Crippen molar-refractivity contribution in [1.82, 2.24) is 4.90 Å². The zero-order valence-electron chi connectivity index (χ0n) is 16.4. The lowest BCUT2D eigenvalue weighted by atomic mass is 10.1. The smallest absolute Gasteiger partial charge is 0.247 e. The predicted molar refractivity (Wildman–Crippen MR) is 115 cm³/mol. The summed E-state index contributed by atoms with van der Waals surface area (Å²) in [6, 6.07) is 14.1. The number of nitrogens with zero attached hydrogens (tertiary/aromatic N) is 2. The van der Waals surface area contributed by atoms with E-state index in [2.05, 4.69) is 51.6 Å². The highest BCUT2D eigenvalue weighted by atomic mass is 16.2. The molecular formula is C22H29N5O. The summed E-state index contributed by atoms with van der Waals surface area (Å²) in [5, 5.41) is 6.47. The van der Waals surface area contributed by atoms with E-state index in [1.807, 2.05) is 18.2 Å². The molecule has 6 nitrogen and oxygen atoms in total. The van der Waals surface area contributed by atoms with Crippen LogP contribution in [-0.2, 0) is 11.2 Å². The first-order valence-corrected chi connectivity index (χ1v) is 10.1. The van der Waals surface area contributed by atoms with Crippen molar-refractivity contribution in [3.05, 3.63) is 53.6 Å². The molecule has 1 fully saturated rings. The van der Waals surface area contributed by atoms with Gasteiger partial charge in [-0.3, -0.25) is 9.69 Å². The van der Waals surface area contributed by atoms with Crippen LogP contribution in [0.4, 0.5) is 17.1 Å². The molecule has 0 spiro atoms. The number of rotatable bonds is 5. The average molecular weight is 380 g/mol. The first-order valence-electron chi connectivity index (χ1n) is 10.1. The van der Waals surface area contributed by atoms with E-state index in [9.17, 15) is 4.79 Å². The van der Waals surface area contributed by atoms with Gasteiger partial charge in [0.25, 0.3) is 0 Å². The van der Waals surface area contributed by atoms with Crippen LogP contribution in [0, 0.1) is 6.92 Å².